The zero-order valence-corrected chi connectivity index (χ0v) is 19.3. The van der Waals surface area contributed by atoms with Gasteiger partial charge in [0, 0.05) is 25.6 Å². The highest BCUT2D eigenvalue weighted by Crippen LogP contribution is 2.37. The SMILES string of the molecule is [2H]C([2H])(c1ccc(-c2cc[n+](C)c(-c3c(C)ccc4c3oc3ccccc34)c2)cc1)C1CCCC1. The predicted molar refractivity (Wildman–Crippen MR) is 136 cm³/mol. The van der Waals surface area contributed by atoms with Crippen LogP contribution in [0, 0.1) is 12.8 Å². The first kappa shape index (κ1) is 18.1. The van der Waals surface area contributed by atoms with Gasteiger partial charge in [0.1, 0.15) is 18.2 Å². The van der Waals surface area contributed by atoms with Crippen molar-refractivity contribution in [3.8, 4) is 22.4 Å². The highest BCUT2D eigenvalue weighted by Gasteiger charge is 2.21. The van der Waals surface area contributed by atoms with E-state index >= 15 is 0 Å². The van der Waals surface area contributed by atoms with Gasteiger partial charge in [-0.1, -0.05) is 80.3 Å². The molecular weight excluding hydrogens is 402 g/mol. The molecule has 1 aliphatic carbocycles. The van der Waals surface area contributed by atoms with Crippen molar-refractivity contribution in [3.63, 3.8) is 0 Å². The summed E-state index contributed by atoms with van der Waals surface area (Å²) >= 11 is 0. The van der Waals surface area contributed by atoms with Crippen LogP contribution in [0.5, 0.6) is 0 Å². The van der Waals surface area contributed by atoms with Crippen LogP contribution in [0.1, 0.15) is 39.6 Å². The fourth-order valence-electron chi connectivity index (χ4n) is 5.27. The number of hydrogen-bond donors (Lipinski definition) is 0. The number of aryl methyl sites for hydroxylation is 2. The van der Waals surface area contributed by atoms with Gasteiger partial charge >= 0.3 is 0 Å². The first-order chi connectivity index (χ1) is 16.9. The summed E-state index contributed by atoms with van der Waals surface area (Å²) in [5.74, 6) is 0.128. The van der Waals surface area contributed by atoms with Crippen LogP contribution in [-0.4, -0.2) is 0 Å². The third-order valence-corrected chi connectivity index (χ3v) is 7.11. The molecule has 0 spiro atoms. The van der Waals surface area contributed by atoms with Crippen LogP contribution >= 0.6 is 0 Å². The van der Waals surface area contributed by atoms with Crippen molar-refractivity contribution in [1.29, 1.82) is 0 Å². The molecule has 33 heavy (non-hydrogen) atoms. The van der Waals surface area contributed by atoms with E-state index in [4.69, 9.17) is 7.16 Å². The molecule has 2 nitrogen and oxygen atoms in total. The molecule has 0 atom stereocenters. The largest absolute Gasteiger partial charge is 0.455 e. The molecule has 6 rings (SSSR count). The Hall–Kier alpha value is -3.39. The number of hydrogen-bond acceptors (Lipinski definition) is 1. The van der Waals surface area contributed by atoms with Gasteiger partial charge in [-0.2, -0.15) is 0 Å². The van der Waals surface area contributed by atoms with Gasteiger partial charge in [0.2, 0.25) is 5.69 Å². The third-order valence-electron chi connectivity index (χ3n) is 7.11. The van der Waals surface area contributed by atoms with Gasteiger partial charge in [-0.25, -0.2) is 4.57 Å². The molecule has 1 fully saturated rings. The number of pyridine rings is 1. The number of benzene rings is 3. The summed E-state index contributed by atoms with van der Waals surface area (Å²) in [4.78, 5) is 0. The van der Waals surface area contributed by atoms with E-state index < -0.39 is 6.37 Å². The van der Waals surface area contributed by atoms with Crippen molar-refractivity contribution in [2.24, 2.45) is 13.0 Å². The second-order valence-corrected chi connectivity index (χ2v) is 9.35. The number of aromatic nitrogens is 1. The van der Waals surface area contributed by atoms with E-state index in [0.29, 0.717) is 0 Å². The highest BCUT2D eigenvalue weighted by atomic mass is 16.3. The maximum Gasteiger partial charge on any atom is 0.216 e. The molecule has 164 valence electrons. The highest BCUT2D eigenvalue weighted by molar-refractivity contribution is 6.09. The molecule has 2 heteroatoms. The molecule has 2 heterocycles. The lowest BCUT2D eigenvalue weighted by atomic mass is 9.95. The maximum absolute atomic E-state index is 8.71. The molecule has 2 aromatic heterocycles. The minimum atomic E-state index is -1.27. The normalized spacial score (nSPS) is 15.8. The average molecular weight is 435 g/mol. The molecule has 5 aromatic rings. The fourth-order valence-corrected chi connectivity index (χ4v) is 5.27. The number of rotatable bonds is 4. The Labute approximate surface area is 198 Å². The van der Waals surface area contributed by atoms with Gasteiger partial charge in [-0.3, -0.25) is 0 Å². The Kier molecular flexibility index (Phi) is 4.49. The van der Waals surface area contributed by atoms with Crippen LogP contribution in [0.25, 0.3) is 44.3 Å². The van der Waals surface area contributed by atoms with Gasteiger partial charge in [-0.15, -0.1) is 0 Å². The third kappa shape index (κ3) is 3.64. The molecule has 0 radical (unpaired) electrons. The summed E-state index contributed by atoms with van der Waals surface area (Å²) in [6, 6.07) is 25.0. The van der Waals surface area contributed by atoms with Gasteiger partial charge in [0.25, 0.3) is 0 Å². The minimum Gasteiger partial charge on any atom is -0.455 e. The Morgan fingerprint density at radius 1 is 0.909 bits per heavy atom. The van der Waals surface area contributed by atoms with E-state index in [-0.39, 0.29) is 5.92 Å². The molecule has 0 amide bonds. The summed E-state index contributed by atoms with van der Waals surface area (Å²) in [5, 5.41) is 2.26. The minimum absolute atomic E-state index is 0.128. The Morgan fingerprint density at radius 3 is 2.52 bits per heavy atom. The molecule has 0 saturated heterocycles. The molecule has 0 N–H and O–H groups in total. The monoisotopic (exact) mass is 434 g/mol. The van der Waals surface area contributed by atoms with Crippen molar-refractivity contribution in [3.05, 3.63) is 90.1 Å². The van der Waals surface area contributed by atoms with Crippen LogP contribution in [-0.2, 0) is 13.4 Å². The van der Waals surface area contributed by atoms with Crippen molar-refractivity contribution in [1.82, 2.24) is 0 Å². The molecule has 1 aliphatic rings. The van der Waals surface area contributed by atoms with E-state index in [2.05, 4.69) is 73.3 Å². The summed E-state index contributed by atoms with van der Waals surface area (Å²) in [7, 11) is 2.07. The van der Waals surface area contributed by atoms with Crippen LogP contribution in [0.2, 0.25) is 0 Å². The van der Waals surface area contributed by atoms with E-state index in [1.807, 2.05) is 24.3 Å². The fraction of sp³-hybridized carbons (Fsp3) is 0.258. The number of para-hydroxylation sites is 1. The topological polar surface area (TPSA) is 17.0 Å². The zero-order chi connectivity index (χ0) is 24.2. The lowest BCUT2D eigenvalue weighted by molar-refractivity contribution is -0.660. The van der Waals surface area contributed by atoms with Crippen molar-refractivity contribution in [2.75, 3.05) is 0 Å². The van der Waals surface area contributed by atoms with Gasteiger partial charge < -0.3 is 4.42 Å². The Balaban J connectivity index is 1.43. The lowest BCUT2D eigenvalue weighted by Crippen LogP contribution is -2.30. The molecule has 0 unspecified atom stereocenters. The molecule has 0 bridgehead atoms. The van der Waals surface area contributed by atoms with E-state index in [0.717, 1.165) is 75.6 Å². The maximum atomic E-state index is 8.71. The zero-order valence-electron chi connectivity index (χ0n) is 21.3. The quantitative estimate of drug-likeness (QED) is 0.264. The van der Waals surface area contributed by atoms with E-state index in [9.17, 15) is 0 Å². The summed E-state index contributed by atoms with van der Waals surface area (Å²) in [5.41, 5.74) is 8.18. The molecule has 0 aliphatic heterocycles. The van der Waals surface area contributed by atoms with Crippen molar-refractivity contribution in [2.45, 2.75) is 39.0 Å². The van der Waals surface area contributed by atoms with Gasteiger partial charge in [-0.05, 0) is 47.5 Å². The summed E-state index contributed by atoms with van der Waals surface area (Å²) in [6.45, 7) is 2.13. The number of furan rings is 1. The Morgan fingerprint density at radius 2 is 1.70 bits per heavy atom. The summed E-state index contributed by atoms with van der Waals surface area (Å²) in [6.07, 6.45) is 5.08. The number of nitrogens with zero attached hydrogens (tertiary/aromatic N) is 1. The standard InChI is InChI=1S/C31H30NO/c1-21-11-16-27-26-9-5-6-10-29(26)33-31(27)30(21)28-20-25(17-18-32(28)2)24-14-12-23(13-15-24)19-22-7-3-4-8-22/h5-6,9-18,20,22H,3-4,7-8,19H2,1-2H3/q+1/i19D2. The van der Waals surface area contributed by atoms with Crippen LogP contribution in [0.3, 0.4) is 0 Å². The Bertz CT molecular complexity index is 1540. The van der Waals surface area contributed by atoms with E-state index in [1.165, 1.54) is 5.56 Å². The van der Waals surface area contributed by atoms with Crippen molar-refractivity contribution >= 4 is 21.9 Å². The smallest absolute Gasteiger partial charge is 0.216 e. The van der Waals surface area contributed by atoms with Crippen LogP contribution in [0.15, 0.2) is 83.4 Å². The average Bonchev–Trinajstić information content (AvgIpc) is 3.54. The summed E-state index contributed by atoms with van der Waals surface area (Å²) < 4.78 is 25.9. The van der Waals surface area contributed by atoms with Gasteiger partial charge in [0.15, 0.2) is 6.20 Å². The van der Waals surface area contributed by atoms with Crippen LogP contribution in [0.4, 0.5) is 0 Å². The lowest BCUT2D eigenvalue weighted by Gasteiger charge is -2.10. The van der Waals surface area contributed by atoms with Gasteiger partial charge in [0.05, 0.1) is 5.56 Å². The first-order valence-corrected chi connectivity index (χ1v) is 12.0. The molecule has 1 saturated carbocycles. The van der Waals surface area contributed by atoms with Crippen LogP contribution < -0.4 is 4.57 Å². The second-order valence-electron chi connectivity index (χ2n) is 9.35. The predicted octanol–water partition coefficient (Wildman–Crippen LogP) is 7.79. The van der Waals surface area contributed by atoms with E-state index in [1.54, 1.807) is 0 Å². The molecule has 3 aromatic carbocycles. The van der Waals surface area contributed by atoms with Crippen molar-refractivity contribution < 1.29 is 11.7 Å². The second kappa shape index (κ2) is 8.19. The first-order valence-electron chi connectivity index (χ1n) is 13.0. The molecular formula is C31H30NO+. The number of fused-ring (bicyclic) bond motifs is 3.